The van der Waals surface area contributed by atoms with Gasteiger partial charge in [-0.1, -0.05) is 6.42 Å². The molecule has 0 aliphatic carbocycles. The molecule has 14 heavy (non-hydrogen) atoms. The predicted molar refractivity (Wildman–Crippen MR) is 60.5 cm³/mol. The van der Waals surface area contributed by atoms with E-state index in [-0.39, 0.29) is 0 Å². The van der Waals surface area contributed by atoms with Crippen molar-refractivity contribution in [2.75, 3.05) is 13.1 Å². The maximum atomic E-state index is 3.60. The zero-order chi connectivity index (χ0) is 9.97. The summed E-state index contributed by atoms with van der Waals surface area (Å²) in [7, 11) is 0. The quantitative estimate of drug-likeness (QED) is 0.726. The van der Waals surface area contributed by atoms with Gasteiger partial charge in [-0.25, -0.2) is 0 Å². The Hall–Kier alpha value is -0.0800. The first-order valence-electron chi connectivity index (χ1n) is 6.26. The molecular formula is C12H24N2. The smallest absolute Gasteiger partial charge is 0.0195 e. The Morgan fingerprint density at radius 2 is 1.79 bits per heavy atom. The van der Waals surface area contributed by atoms with Gasteiger partial charge in [-0.3, -0.25) is 4.90 Å². The van der Waals surface area contributed by atoms with Crippen LogP contribution in [0.1, 0.15) is 46.0 Å². The van der Waals surface area contributed by atoms with Gasteiger partial charge in [-0.15, -0.1) is 0 Å². The summed E-state index contributed by atoms with van der Waals surface area (Å²) in [4.78, 5) is 2.71. The third kappa shape index (κ3) is 2.29. The molecule has 2 saturated heterocycles. The molecule has 0 aromatic heterocycles. The van der Waals surface area contributed by atoms with Gasteiger partial charge < -0.3 is 5.32 Å². The van der Waals surface area contributed by atoms with E-state index >= 15 is 0 Å². The summed E-state index contributed by atoms with van der Waals surface area (Å²) in [6.45, 7) is 7.30. The number of likely N-dealkylation sites (tertiary alicyclic amines) is 1. The first-order chi connectivity index (χ1) is 6.77. The summed E-state index contributed by atoms with van der Waals surface area (Å²) in [5, 5.41) is 3.60. The third-order valence-electron chi connectivity index (χ3n) is 3.97. The van der Waals surface area contributed by atoms with Gasteiger partial charge in [0, 0.05) is 24.7 Å². The summed E-state index contributed by atoms with van der Waals surface area (Å²) in [6.07, 6.45) is 6.99. The summed E-state index contributed by atoms with van der Waals surface area (Å²) in [6, 6.07) is 2.39. The van der Waals surface area contributed by atoms with Crippen LogP contribution in [0.5, 0.6) is 0 Å². The number of rotatable bonds is 2. The average Bonchev–Trinajstić information content (AvgIpc) is 2.64. The lowest BCUT2D eigenvalue weighted by atomic mass is 9.96. The second-order valence-corrected chi connectivity index (χ2v) is 5.12. The molecule has 0 aromatic carbocycles. The summed E-state index contributed by atoms with van der Waals surface area (Å²) < 4.78 is 0. The van der Waals surface area contributed by atoms with E-state index in [9.17, 15) is 0 Å². The molecule has 2 heteroatoms. The lowest BCUT2D eigenvalue weighted by Gasteiger charge is -2.40. The van der Waals surface area contributed by atoms with Crippen molar-refractivity contribution >= 4 is 0 Å². The standard InChI is InChI=1S/C12H24N2/c1-10-5-3-6-11(2)14(10)9-12-7-4-8-13-12/h10-13H,3-9H2,1-2H3. The largest absolute Gasteiger partial charge is 0.313 e. The molecule has 2 rings (SSSR count). The molecule has 0 radical (unpaired) electrons. The van der Waals surface area contributed by atoms with Gasteiger partial charge in [0.2, 0.25) is 0 Å². The van der Waals surface area contributed by atoms with Crippen molar-refractivity contribution in [3.63, 3.8) is 0 Å². The minimum Gasteiger partial charge on any atom is -0.313 e. The number of piperidine rings is 1. The van der Waals surface area contributed by atoms with Crippen molar-refractivity contribution in [2.24, 2.45) is 0 Å². The van der Waals surface area contributed by atoms with Crippen molar-refractivity contribution in [3.05, 3.63) is 0 Å². The Balaban J connectivity index is 1.86. The number of hydrogen-bond acceptors (Lipinski definition) is 2. The lowest BCUT2D eigenvalue weighted by Crippen LogP contribution is -2.49. The van der Waals surface area contributed by atoms with E-state index in [0.717, 1.165) is 18.1 Å². The van der Waals surface area contributed by atoms with Crippen LogP contribution in [-0.4, -0.2) is 36.1 Å². The summed E-state index contributed by atoms with van der Waals surface area (Å²) in [5.74, 6) is 0. The second-order valence-electron chi connectivity index (χ2n) is 5.12. The highest BCUT2D eigenvalue weighted by molar-refractivity contribution is 4.85. The van der Waals surface area contributed by atoms with Crippen LogP contribution in [0, 0.1) is 0 Å². The molecule has 2 aliphatic rings. The Morgan fingerprint density at radius 3 is 2.36 bits per heavy atom. The fourth-order valence-electron chi connectivity index (χ4n) is 3.00. The Morgan fingerprint density at radius 1 is 1.07 bits per heavy atom. The molecule has 2 fully saturated rings. The monoisotopic (exact) mass is 196 g/mol. The van der Waals surface area contributed by atoms with E-state index < -0.39 is 0 Å². The molecule has 2 aliphatic heterocycles. The number of nitrogens with one attached hydrogen (secondary N) is 1. The van der Waals surface area contributed by atoms with Crippen molar-refractivity contribution in [1.29, 1.82) is 0 Å². The van der Waals surface area contributed by atoms with Crippen LogP contribution in [0.3, 0.4) is 0 Å². The molecule has 0 saturated carbocycles. The molecule has 0 amide bonds. The molecule has 82 valence electrons. The number of hydrogen-bond donors (Lipinski definition) is 1. The topological polar surface area (TPSA) is 15.3 Å². The molecule has 1 N–H and O–H groups in total. The molecule has 3 unspecified atom stereocenters. The molecule has 2 nitrogen and oxygen atoms in total. The summed E-state index contributed by atoms with van der Waals surface area (Å²) in [5.41, 5.74) is 0. The van der Waals surface area contributed by atoms with Crippen LogP contribution < -0.4 is 5.32 Å². The number of nitrogens with zero attached hydrogens (tertiary/aromatic N) is 1. The van der Waals surface area contributed by atoms with E-state index in [4.69, 9.17) is 0 Å². The van der Waals surface area contributed by atoms with E-state index in [1.807, 2.05) is 0 Å². The van der Waals surface area contributed by atoms with Crippen molar-refractivity contribution < 1.29 is 0 Å². The van der Waals surface area contributed by atoms with Gasteiger partial charge in [0.25, 0.3) is 0 Å². The van der Waals surface area contributed by atoms with Gasteiger partial charge >= 0.3 is 0 Å². The third-order valence-corrected chi connectivity index (χ3v) is 3.97. The minimum absolute atomic E-state index is 0.776. The molecule has 3 atom stereocenters. The highest BCUT2D eigenvalue weighted by Gasteiger charge is 2.27. The molecule has 0 spiro atoms. The highest BCUT2D eigenvalue weighted by atomic mass is 15.2. The molecule has 2 heterocycles. The molecular weight excluding hydrogens is 172 g/mol. The fraction of sp³-hybridized carbons (Fsp3) is 1.00. The SMILES string of the molecule is CC1CCCC(C)N1CC1CCCN1. The van der Waals surface area contributed by atoms with Crippen LogP contribution in [0.15, 0.2) is 0 Å². The van der Waals surface area contributed by atoms with Gasteiger partial charge in [0.1, 0.15) is 0 Å². The van der Waals surface area contributed by atoms with E-state index in [0.29, 0.717) is 0 Å². The summed E-state index contributed by atoms with van der Waals surface area (Å²) >= 11 is 0. The van der Waals surface area contributed by atoms with Crippen LogP contribution >= 0.6 is 0 Å². The lowest BCUT2D eigenvalue weighted by molar-refractivity contribution is 0.0936. The zero-order valence-corrected chi connectivity index (χ0v) is 9.63. The van der Waals surface area contributed by atoms with E-state index in [1.54, 1.807) is 0 Å². The zero-order valence-electron chi connectivity index (χ0n) is 9.63. The van der Waals surface area contributed by atoms with Crippen molar-refractivity contribution in [3.8, 4) is 0 Å². The van der Waals surface area contributed by atoms with Crippen LogP contribution in [0.25, 0.3) is 0 Å². The molecule has 0 bridgehead atoms. The van der Waals surface area contributed by atoms with Gasteiger partial charge in [-0.05, 0) is 46.1 Å². The Labute approximate surface area is 88.1 Å². The second kappa shape index (κ2) is 4.63. The van der Waals surface area contributed by atoms with Gasteiger partial charge in [0.15, 0.2) is 0 Å². The maximum absolute atomic E-state index is 3.60. The first-order valence-corrected chi connectivity index (χ1v) is 6.26. The Kier molecular flexibility index (Phi) is 3.45. The van der Waals surface area contributed by atoms with Crippen molar-refractivity contribution in [2.45, 2.75) is 64.1 Å². The molecule has 0 aromatic rings. The fourth-order valence-corrected chi connectivity index (χ4v) is 3.00. The van der Waals surface area contributed by atoms with Crippen LogP contribution in [0.4, 0.5) is 0 Å². The van der Waals surface area contributed by atoms with Gasteiger partial charge in [0.05, 0.1) is 0 Å². The normalized spacial score (nSPS) is 40.3. The maximum Gasteiger partial charge on any atom is 0.0195 e. The highest BCUT2D eigenvalue weighted by Crippen LogP contribution is 2.23. The average molecular weight is 196 g/mol. The van der Waals surface area contributed by atoms with E-state index in [2.05, 4.69) is 24.1 Å². The van der Waals surface area contributed by atoms with Crippen LogP contribution in [0.2, 0.25) is 0 Å². The van der Waals surface area contributed by atoms with Crippen LogP contribution in [-0.2, 0) is 0 Å². The van der Waals surface area contributed by atoms with E-state index in [1.165, 1.54) is 45.2 Å². The van der Waals surface area contributed by atoms with Gasteiger partial charge in [-0.2, -0.15) is 0 Å². The van der Waals surface area contributed by atoms with Crippen molar-refractivity contribution in [1.82, 2.24) is 10.2 Å². The minimum atomic E-state index is 0.776. The first kappa shape index (κ1) is 10.4. The Bertz CT molecular complexity index is 165. The predicted octanol–water partition coefficient (Wildman–Crippen LogP) is 2.00.